The Balaban J connectivity index is 0.000000426. The molecule has 38 heavy (non-hydrogen) atoms. The molecule has 0 amide bonds. The molecule has 1 aromatic carbocycles. The molecule has 0 saturated carbocycles. The first-order valence-corrected chi connectivity index (χ1v) is 13.2. The van der Waals surface area contributed by atoms with E-state index < -0.39 is 22.2 Å². The van der Waals surface area contributed by atoms with Crippen LogP contribution in [0.3, 0.4) is 0 Å². The van der Waals surface area contributed by atoms with E-state index in [1.165, 1.54) is 0 Å². The number of halogens is 3. The van der Waals surface area contributed by atoms with Gasteiger partial charge in [0.25, 0.3) is 0 Å². The fraction of sp³-hybridized carbons (Fsp3) is 0.320. The minimum absolute atomic E-state index is 0.350. The number of alkyl halides is 3. The van der Waals surface area contributed by atoms with E-state index in [0.29, 0.717) is 24.5 Å². The number of hydrogen-bond acceptors (Lipinski definition) is 5. The molecule has 0 radical (unpaired) electrons. The summed E-state index contributed by atoms with van der Waals surface area (Å²) in [6, 6.07) is 13.3. The topological polar surface area (TPSA) is 121 Å². The number of benzene rings is 1. The molecule has 0 unspecified atom stereocenters. The molecule has 5 rings (SSSR count). The Labute approximate surface area is 217 Å². The molecule has 1 aliphatic heterocycles. The first kappa shape index (κ1) is 27.3. The van der Waals surface area contributed by atoms with Gasteiger partial charge in [0.1, 0.15) is 5.65 Å². The Morgan fingerprint density at radius 2 is 1.71 bits per heavy atom. The number of aromatic amines is 1. The van der Waals surface area contributed by atoms with E-state index >= 15 is 0 Å². The van der Waals surface area contributed by atoms with E-state index in [9.17, 15) is 21.6 Å². The van der Waals surface area contributed by atoms with Crippen LogP contribution in [-0.4, -0.2) is 62.8 Å². The second kappa shape index (κ2) is 10.6. The van der Waals surface area contributed by atoms with Crippen LogP contribution in [0.15, 0.2) is 53.6 Å². The molecule has 1 aliphatic rings. The van der Waals surface area contributed by atoms with Crippen LogP contribution in [0.25, 0.3) is 22.2 Å². The van der Waals surface area contributed by atoms with Crippen molar-refractivity contribution in [2.45, 2.75) is 44.3 Å². The van der Waals surface area contributed by atoms with Crippen molar-refractivity contribution in [3.8, 4) is 11.1 Å². The summed E-state index contributed by atoms with van der Waals surface area (Å²) in [6.07, 6.45) is -1.45. The number of carboxylic acids is 1. The molecule has 0 atom stereocenters. The zero-order chi connectivity index (χ0) is 27.7. The van der Waals surface area contributed by atoms with Gasteiger partial charge in [-0.15, -0.1) is 0 Å². The standard InChI is InChI=1S/C23H25N5O2S.C2HF3O2/c1-16-13-17(2)28(26-16)15-19-14-22-21(9-10-24-23(22)25-19)18-5-7-20(8-6-18)31(29,30)27-11-3-4-12-27;3-2(4,5)1(6)7/h5-10,13-14H,3-4,11-12,15H2,1-2H3,(H,24,25);(H,6,7). The van der Waals surface area contributed by atoms with Crippen LogP contribution in [0.2, 0.25) is 0 Å². The summed E-state index contributed by atoms with van der Waals surface area (Å²) in [5.74, 6) is -2.76. The number of aliphatic carboxylic acids is 1. The van der Waals surface area contributed by atoms with Gasteiger partial charge in [-0.3, -0.25) is 4.68 Å². The van der Waals surface area contributed by atoms with Gasteiger partial charge in [0, 0.05) is 36.1 Å². The first-order valence-electron chi connectivity index (χ1n) is 11.7. The van der Waals surface area contributed by atoms with Gasteiger partial charge in [0.05, 0.1) is 17.1 Å². The van der Waals surface area contributed by atoms with E-state index in [-0.39, 0.29) is 0 Å². The number of aryl methyl sites for hydroxylation is 2. The van der Waals surface area contributed by atoms with E-state index in [2.05, 4.69) is 27.2 Å². The third-order valence-electron chi connectivity index (χ3n) is 6.12. The van der Waals surface area contributed by atoms with Crippen molar-refractivity contribution >= 4 is 27.0 Å². The highest BCUT2D eigenvalue weighted by atomic mass is 32.2. The predicted molar refractivity (Wildman–Crippen MR) is 134 cm³/mol. The Morgan fingerprint density at radius 1 is 1.08 bits per heavy atom. The largest absolute Gasteiger partial charge is 0.490 e. The quantitative estimate of drug-likeness (QED) is 0.378. The number of H-pyrrole nitrogens is 1. The van der Waals surface area contributed by atoms with E-state index in [4.69, 9.17) is 9.90 Å². The first-order chi connectivity index (χ1) is 17.9. The highest BCUT2D eigenvalue weighted by Crippen LogP contribution is 2.30. The van der Waals surface area contributed by atoms with Gasteiger partial charge in [-0.1, -0.05) is 12.1 Å². The number of sulfonamides is 1. The maximum atomic E-state index is 12.8. The molecular weight excluding hydrogens is 523 g/mol. The minimum Gasteiger partial charge on any atom is -0.475 e. The molecule has 0 bridgehead atoms. The van der Waals surface area contributed by atoms with Crippen LogP contribution in [0, 0.1) is 13.8 Å². The van der Waals surface area contributed by atoms with Crippen LogP contribution >= 0.6 is 0 Å². The predicted octanol–water partition coefficient (Wildman–Crippen LogP) is 4.51. The number of aromatic nitrogens is 4. The summed E-state index contributed by atoms with van der Waals surface area (Å²) in [5.41, 5.74) is 5.92. The fourth-order valence-corrected chi connectivity index (χ4v) is 5.82. The van der Waals surface area contributed by atoms with Crippen molar-refractivity contribution in [1.29, 1.82) is 0 Å². The lowest BCUT2D eigenvalue weighted by molar-refractivity contribution is -0.192. The van der Waals surface area contributed by atoms with Crippen molar-refractivity contribution in [1.82, 2.24) is 24.1 Å². The molecule has 13 heteroatoms. The third kappa shape index (κ3) is 5.89. The summed E-state index contributed by atoms with van der Waals surface area (Å²) in [5, 5.41) is 12.7. The summed E-state index contributed by atoms with van der Waals surface area (Å²) in [6.45, 7) is 5.89. The second-order valence-electron chi connectivity index (χ2n) is 8.94. The smallest absolute Gasteiger partial charge is 0.475 e. The molecule has 4 heterocycles. The highest BCUT2D eigenvalue weighted by Gasteiger charge is 2.38. The molecule has 202 valence electrons. The number of nitrogens with zero attached hydrogens (tertiary/aromatic N) is 4. The number of rotatable bonds is 5. The highest BCUT2D eigenvalue weighted by molar-refractivity contribution is 7.89. The SMILES string of the molecule is Cc1cc(C)n(Cc2cc3c(-c4ccc(S(=O)(=O)N5CCCC5)cc4)ccnc3[nH]2)n1.O=C(O)C(F)(F)F. The van der Waals surface area contributed by atoms with Crippen molar-refractivity contribution in [2.75, 3.05) is 13.1 Å². The van der Waals surface area contributed by atoms with E-state index in [1.54, 1.807) is 22.6 Å². The molecule has 3 aromatic heterocycles. The summed E-state index contributed by atoms with van der Waals surface area (Å²) in [4.78, 5) is 17.1. The van der Waals surface area contributed by atoms with E-state index in [1.807, 2.05) is 36.7 Å². The van der Waals surface area contributed by atoms with Gasteiger partial charge in [-0.05, 0) is 68.1 Å². The molecule has 9 nitrogen and oxygen atoms in total. The van der Waals surface area contributed by atoms with Crippen LogP contribution in [0.4, 0.5) is 13.2 Å². The number of carbonyl (C=O) groups is 1. The lowest BCUT2D eigenvalue weighted by atomic mass is 10.0. The van der Waals surface area contributed by atoms with Crippen molar-refractivity contribution in [3.05, 3.63) is 65.7 Å². The van der Waals surface area contributed by atoms with Gasteiger partial charge >= 0.3 is 12.1 Å². The molecule has 4 aromatic rings. The number of fused-ring (bicyclic) bond motifs is 1. The molecule has 2 N–H and O–H groups in total. The summed E-state index contributed by atoms with van der Waals surface area (Å²) < 4.78 is 60.9. The molecule has 0 aliphatic carbocycles. The lowest BCUT2D eigenvalue weighted by Crippen LogP contribution is -2.27. The van der Waals surface area contributed by atoms with Crippen LogP contribution < -0.4 is 0 Å². The monoisotopic (exact) mass is 549 g/mol. The number of carboxylic acid groups (broad SMARTS) is 1. The molecule has 1 saturated heterocycles. The maximum absolute atomic E-state index is 12.8. The summed E-state index contributed by atoms with van der Waals surface area (Å²) in [7, 11) is -3.41. The number of pyridine rings is 1. The maximum Gasteiger partial charge on any atom is 0.490 e. The van der Waals surface area contributed by atoms with Crippen LogP contribution in [0.5, 0.6) is 0 Å². The number of hydrogen-bond donors (Lipinski definition) is 2. The molecular formula is C25H26F3N5O4S. The lowest BCUT2D eigenvalue weighted by Gasteiger charge is -2.15. The normalized spacial score (nSPS) is 14.4. The van der Waals surface area contributed by atoms with Crippen molar-refractivity contribution in [3.63, 3.8) is 0 Å². The fourth-order valence-electron chi connectivity index (χ4n) is 4.30. The average Bonchev–Trinajstić information content (AvgIpc) is 3.59. The Bertz CT molecular complexity index is 1550. The Kier molecular flexibility index (Phi) is 7.61. The van der Waals surface area contributed by atoms with Gasteiger partial charge in [0.2, 0.25) is 10.0 Å². The van der Waals surface area contributed by atoms with Crippen molar-refractivity contribution in [2.24, 2.45) is 0 Å². The zero-order valence-electron chi connectivity index (χ0n) is 20.7. The Morgan fingerprint density at radius 3 is 2.26 bits per heavy atom. The zero-order valence-corrected chi connectivity index (χ0v) is 21.5. The van der Waals surface area contributed by atoms with Crippen LogP contribution in [-0.2, 0) is 21.4 Å². The van der Waals surface area contributed by atoms with Gasteiger partial charge < -0.3 is 10.1 Å². The Hall–Kier alpha value is -3.71. The van der Waals surface area contributed by atoms with Gasteiger partial charge in [-0.25, -0.2) is 18.2 Å². The van der Waals surface area contributed by atoms with Crippen LogP contribution in [0.1, 0.15) is 29.9 Å². The van der Waals surface area contributed by atoms with Gasteiger partial charge in [-0.2, -0.15) is 22.6 Å². The molecule has 1 fully saturated rings. The number of nitrogens with one attached hydrogen (secondary N) is 1. The average molecular weight is 550 g/mol. The van der Waals surface area contributed by atoms with Gasteiger partial charge in [0.15, 0.2) is 0 Å². The molecule has 0 spiro atoms. The third-order valence-corrected chi connectivity index (χ3v) is 8.03. The van der Waals surface area contributed by atoms with E-state index in [0.717, 1.165) is 52.1 Å². The minimum atomic E-state index is -5.08. The second-order valence-corrected chi connectivity index (χ2v) is 10.9. The van der Waals surface area contributed by atoms with Crippen molar-refractivity contribution < 1.29 is 31.5 Å². The summed E-state index contributed by atoms with van der Waals surface area (Å²) >= 11 is 0.